The third-order valence-corrected chi connectivity index (χ3v) is 5.69. The van der Waals surface area contributed by atoms with Crippen LogP contribution in [0, 0.1) is 23.0 Å². The Morgan fingerprint density at radius 2 is 2.05 bits per heavy atom. The van der Waals surface area contributed by atoms with Gasteiger partial charge in [0.15, 0.2) is 0 Å². The first-order chi connectivity index (χ1) is 10.3. The lowest BCUT2D eigenvalue weighted by atomic mass is 9.99. The summed E-state index contributed by atoms with van der Waals surface area (Å²) in [5.41, 5.74) is 5.94. The van der Waals surface area contributed by atoms with Crippen LogP contribution in [0.3, 0.4) is 0 Å². The van der Waals surface area contributed by atoms with E-state index in [1.165, 1.54) is 25.1 Å². The van der Waals surface area contributed by atoms with Crippen LogP contribution in [-0.4, -0.2) is 25.9 Å². The van der Waals surface area contributed by atoms with Crippen LogP contribution >= 0.6 is 0 Å². The van der Waals surface area contributed by atoms with Crippen LogP contribution in [0.25, 0.3) is 0 Å². The number of hydrogen-bond acceptors (Lipinski definition) is 5. The van der Waals surface area contributed by atoms with Gasteiger partial charge in [-0.2, -0.15) is 0 Å². The van der Waals surface area contributed by atoms with Gasteiger partial charge in [0.05, 0.1) is 9.82 Å². The minimum absolute atomic E-state index is 0.0343. The Bertz CT molecular complexity index is 654. The summed E-state index contributed by atoms with van der Waals surface area (Å²) in [4.78, 5) is 10.3. The third kappa shape index (κ3) is 3.63. The largest absolute Gasteiger partial charge is 0.329 e. The van der Waals surface area contributed by atoms with E-state index in [2.05, 4.69) is 4.72 Å². The highest BCUT2D eigenvalue weighted by Gasteiger charge is 2.29. The highest BCUT2D eigenvalue weighted by atomic mass is 32.2. The Hall–Kier alpha value is -1.51. The van der Waals surface area contributed by atoms with Gasteiger partial charge >= 0.3 is 0 Å². The first-order valence-electron chi connectivity index (χ1n) is 7.32. The lowest BCUT2D eigenvalue weighted by Gasteiger charge is -2.23. The molecule has 3 N–H and O–H groups in total. The Labute approximate surface area is 130 Å². The molecule has 22 heavy (non-hydrogen) atoms. The van der Waals surface area contributed by atoms with Crippen molar-refractivity contribution < 1.29 is 13.3 Å². The normalized spacial score (nSPS) is 17.5. The number of aryl methyl sites for hydroxylation is 1. The summed E-state index contributed by atoms with van der Waals surface area (Å²) in [6.07, 6.45) is 4.15. The summed E-state index contributed by atoms with van der Waals surface area (Å²) in [6.45, 7) is 1.77. The van der Waals surface area contributed by atoms with Crippen molar-refractivity contribution in [3.05, 3.63) is 33.9 Å². The van der Waals surface area contributed by atoms with Gasteiger partial charge < -0.3 is 5.73 Å². The molecule has 8 heteroatoms. The number of nitro benzene ring substituents is 1. The monoisotopic (exact) mass is 327 g/mol. The Morgan fingerprint density at radius 3 is 2.55 bits per heavy atom. The first-order valence-corrected chi connectivity index (χ1v) is 8.81. The molecule has 1 aromatic rings. The van der Waals surface area contributed by atoms with E-state index < -0.39 is 14.9 Å². The standard InChI is InChI=1S/C14H21N3O4S/c1-10-8-12(6-7-14(10)17(18)19)22(20,21)16-13(9-15)11-4-2-3-5-11/h6-8,11,13,16H,2-5,9,15H2,1H3. The first kappa shape index (κ1) is 16.9. The molecule has 0 amide bonds. The maximum Gasteiger partial charge on any atom is 0.272 e. The molecule has 0 aliphatic heterocycles. The van der Waals surface area contributed by atoms with Crippen molar-refractivity contribution in [3.63, 3.8) is 0 Å². The van der Waals surface area contributed by atoms with Gasteiger partial charge in [0.25, 0.3) is 5.69 Å². The van der Waals surface area contributed by atoms with E-state index in [0.29, 0.717) is 5.56 Å². The number of rotatable bonds is 6. The number of sulfonamides is 1. The predicted molar refractivity (Wildman–Crippen MR) is 83.0 cm³/mol. The highest BCUT2D eigenvalue weighted by molar-refractivity contribution is 7.89. The molecule has 0 heterocycles. The van der Waals surface area contributed by atoms with Gasteiger partial charge in [0, 0.05) is 24.2 Å². The maximum atomic E-state index is 12.5. The second-order valence-corrected chi connectivity index (χ2v) is 7.43. The molecule has 1 aliphatic carbocycles. The number of nitrogens with two attached hydrogens (primary N) is 1. The second-order valence-electron chi connectivity index (χ2n) is 5.71. The van der Waals surface area contributed by atoms with E-state index in [1.807, 2.05) is 0 Å². The summed E-state index contributed by atoms with van der Waals surface area (Å²) in [5, 5.41) is 10.8. The molecule has 0 bridgehead atoms. The summed E-state index contributed by atoms with van der Waals surface area (Å²) < 4.78 is 27.6. The molecule has 1 aromatic carbocycles. The number of nitrogens with zero attached hydrogens (tertiary/aromatic N) is 1. The molecule has 1 atom stereocenters. The molecular formula is C14H21N3O4S. The fourth-order valence-electron chi connectivity index (χ4n) is 2.96. The van der Waals surface area contributed by atoms with Crippen molar-refractivity contribution >= 4 is 15.7 Å². The predicted octanol–water partition coefficient (Wildman–Crippen LogP) is 1.70. The van der Waals surface area contributed by atoms with E-state index in [1.54, 1.807) is 0 Å². The van der Waals surface area contributed by atoms with Gasteiger partial charge in [0.2, 0.25) is 10.0 Å². The van der Waals surface area contributed by atoms with Crippen LogP contribution in [0.5, 0.6) is 0 Å². The van der Waals surface area contributed by atoms with Crippen molar-refractivity contribution in [3.8, 4) is 0 Å². The van der Waals surface area contributed by atoms with E-state index in [4.69, 9.17) is 5.73 Å². The zero-order valence-electron chi connectivity index (χ0n) is 12.5. The second kappa shape index (κ2) is 6.72. The fraction of sp³-hybridized carbons (Fsp3) is 0.571. The van der Waals surface area contributed by atoms with Gasteiger partial charge in [0.1, 0.15) is 0 Å². The van der Waals surface area contributed by atoms with Crippen molar-refractivity contribution in [2.24, 2.45) is 11.7 Å². The summed E-state index contributed by atoms with van der Waals surface area (Å²) in [5.74, 6) is 0.263. The summed E-state index contributed by atoms with van der Waals surface area (Å²) in [6, 6.07) is 3.51. The molecule has 1 saturated carbocycles. The molecule has 0 saturated heterocycles. The lowest BCUT2D eigenvalue weighted by Crippen LogP contribution is -2.44. The number of benzene rings is 1. The highest BCUT2D eigenvalue weighted by Crippen LogP contribution is 2.28. The van der Waals surface area contributed by atoms with Crippen LogP contribution in [0.15, 0.2) is 23.1 Å². The quantitative estimate of drug-likeness (QED) is 0.609. The van der Waals surface area contributed by atoms with Crippen LogP contribution in [0.1, 0.15) is 31.2 Å². The zero-order chi connectivity index (χ0) is 16.3. The van der Waals surface area contributed by atoms with Crippen LogP contribution in [0.4, 0.5) is 5.69 Å². The van der Waals surface area contributed by atoms with E-state index in [-0.39, 0.29) is 29.1 Å². The average Bonchev–Trinajstić information content (AvgIpc) is 2.98. The van der Waals surface area contributed by atoms with Crippen LogP contribution < -0.4 is 10.5 Å². The zero-order valence-corrected chi connectivity index (χ0v) is 13.3. The maximum absolute atomic E-state index is 12.5. The molecular weight excluding hydrogens is 306 g/mol. The van der Waals surface area contributed by atoms with E-state index >= 15 is 0 Å². The van der Waals surface area contributed by atoms with Gasteiger partial charge in [-0.25, -0.2) is 13.1 Å². The summed E-state index contributed by atoms with van der Waals surface area (Å²) in [7, 11) is -3.73. The molecule has 0 aromatic heterocycles. The molecule has 7 nitrogen and oxygen atoms in total. The summed E-state index contributed by atoms with van der Waals surface area (Å²) >= 11 is 0. The van der Waals surface area contributed by atoms with E-state index in [9.17, 15) is 18.5 Å². The number of hydrogen-bond donors (Lipinski definition) is 2. The molecule has 0 spiro atoms. The molecule has 1 fully saturated rings. The van der Waals surface area contributed by atoms with Crippen molar-refractivity contribution in [1.82, 2.24) is 4.72 Å². The molecule has 2 rings (SSSR count). The SMILES string of the molecule is Cc1cc(S(=O)(=O)NC(CN)C2CCCC2)ccc1[N+](=O)[O-]. The number of nitrogens with one attached hydrogen (secondary N) is 1. The Balaban J connectivity index is 2.22. The minimum Gasteiger partial charge on any atom is -0.329 e. The fourth-order valence-corrected chi connectivity index (χ4v) is 4.37. The third-order valence-electron chi connectivity index (χ3n) is 4.20. The molecule has 1 aliphatic rings. The van der Waals surface area contributed by atoms with Gasteiger partial charge in [-0.15, -0.1) is 0 Å². The topological polar surface area (TPSA) is 115 Å². The average molecular weight is 327 g/mol. The smallest absolute Gasteiger partial charge is 0.272 e. The van der Waals surface area contributed by atoms with E-state index in [0.717, 1.165) is 25.7 Å². The van der Waals surface area contributed by atoms with Gasteiger partial charge in [-0.3, -0.25) is 10.1 Å². The van der Waals surface area contributed by atoms with Crippen LogP contribution in [0.2, 0.25) is 0 Å². The van der Waals surface area contributed by atoms with Gasteiger partial charge in [-0.05, 0) is 37.8 Å². The molecule has 122 valence electrons. The van der Waals surface area contributed by atoms with Crippen LogP contribution in [-0.2, 0) is 10.0 Å². The minimum atomic E-state index is -3.73. The van der Waals surface area contributed by atoms with Gasteiger partial charge in [-0.1, -0.05) is 12.8 Å². The van der Waals surface area contributed by atoms with Crippen molar-refractivity contribution in [1.29, 1.82) is 0 Å². The van der Waals surface area contributed by atoms with Crippen molar-refractivity contribution in [2.75, 3.05) is 6.54 Å². The number of nitro groups is 1. The van der Waals surface area contributed by atoms with Crippen molar-refractivity contribution in [2.45, 2.75) is 43.5 Å². The Morgan fingerprint density at radius 1 is 1.41 bits per heavy atom. The lowest BCUT2D eigenvalue weighted by molar-refractivity contribution is -0.385. The Kier molecular flexibility index (Phi) is 5.15. The molecule has 0 radical (unpaired) electrons. The molecule has 1 unspecified atom stereocenters.